The van der Waals surface area contributed by atoms with Crippen molar-refractivity contribution in [3.8, 4) is 17.2 Å². The summed E-state index contributed by atoms with van der Waals surface area (Å²) in [4.78, 5) is 15.5. The normalized spacial score (nSPS) is 16.1. The Labute approximate surface area is 206 Å². The maximum atomic E-state index is 13.2. The fourth-order valence-electron chi connectivity index (χ4n) is 4.65. The third kappa shape index (κ3) is 4.69. The number of hydrogen-bond donors (Lipinski definition) is 0. The summed E-state index contributed by atoms with van der Waals surface area (Å²) < 4.78 is 17.4. The van der Waals surface area contributed by atoms with Crippen LogP contribution in [0, 0.1) is 6.92 Å². The van der Waals surface area contributed by atoms with Crippen LogP contribution < -0.4 is 14.2 Å². The molecule has 0 spiro atoms. The van der Waals surface area contributed by atoms with Crippen LogP contribution in [0.2, 0.25) is 0 Å². The highest BCUT2D eigenvalue weighted by atomic mass is 16.5. The number of ether oxygens (including phenoxy) is 3. The molecule has 0 bridgehead atoms. The maximum absolute atomic E-state index is 13.2. The summed E-state index contributed by atoms with van der Waals surface area (Å²) in [6.07, 6.45) is 2.74. The van der Waals surface area contributed by atoms with Crippen LogP contribution in [0.15, 0.2) is 60.4 Å². The Bertz CT molecular complexity index is 1270. The van der Waals surface area contributed by atoms with E-state index in [4.69, 9.17) is 14.2 Å². The molecule has 5 heteroatoms. The highest BCUT2D eigenvalue weighted by Gasteiger charge is 2.33. The van der Waals surface area contributed by atoms with Crippen LogP contribution in [0.5, 0.6) is 17.2 Å². The lowest BCUT2D eigenvalue weighted by molar-refractivity contribution is 0.0954. The first-order valence-electron chi connectivity index (χ1n) is 12.1. The molecule has 0 N–H and O–H groups in total. The predicted octanol–water partition coefficient (Wildman–Crippen LogP) is 6.14. The summed E-state index contributed by atoms with van der Waals surface area (Å²) in [6, 6.07) is 18.4. The van der Waals surface area contributed by atoms with Crippen LogP contribution in [0.1, 0.15) is 57.9 Å². The van der Waals surface area contributed by atoms with Crippen LogP contribution in [0.25, 0.3) is 6.08 Å². The molecule has 180 valence electrons. The van der Waals surface area contributed by atoms with Crippen molar-refractivity contribution in [3.63, 3.8) is 0 Å². The van der Waals surface area contributed by atoms with Crippen molar-refractivity contribution < 1.29 is 19.0 Å². The third-order valence-electron chi connectivity index (χ3n) is 6.78. The Kier molecular flexibility index (Phi) is 6.35. The second-order valence-electron chi connectivity index (χ2n) is 9.55. The number of benzene rings is 3. The van der Waals surface area contributed by atoms with Gasteiger partial charge in [-0.2, -0.15) is 0 Å². The fraction of sp³-hybridized carbons (Fsp3) is 0.300. The van der Waals surface area contributed by atoms with Gasteiger partial charge in [0.2, 0.25) is 5.78 Å². The Morgan fingerprint density at radius 2 is 1.80 bits per heavy atom. The largest absolute Gasteiger partial charge is 0.497 e. The molecule has 35 heavy (non-hydrogen) atoms. The lowest BCUT2D eigenvalue weighted by atomic mass is 9.99. The van der Waals surface area contributed by atoms with E-state index >= 15 is 0 Å². The van der Waals surface area contributed by atoms with Crippen molar-refractivity contribution in [1.82, 2.24) is 4.90 Å². The Morgan fingerprint density at radius 3 is 2.49 bits per heavy atom. The topological polar surface area (TPSA) is 48.0 Å². The summed E-state index contributed by atoms with van der Waals surface area (Å²) in [5, 5.41) is 0. The van der Waals surface area contributed by atoms with Gasteiger partial charge in [0.1, 0.15) is 24.0 Å². The highest BCUT2D eigenvalue weighted by Crippen LogP contribution is 2.43. The van der Waals surface area contributed by atoms with E-state index in [0.29, 0.717) is 29.7 Å². The summed E-state index contributed by atoms with van der Waals surface area (Å²) >= 11 is 0. The molecule has 0 saturated carbocycles. The number of carbonyl (C=O) groups is 1. The molecule has 2 aliphatic rings. The van der Waals surface area contributed by atoms with E-state index in [0.717, 1.165) is 47.7 Å². The third-order valence-corrected chi connectivity index (χ3v) is 6.78. The van der Waals surface area contributed by atoms with Gasteiger partial charge in [0.05, 0.1) is 12.7 Å². The van der Waals surface area contributed by atoms with Gasteiger partial charge in [0, 0.05) is 24.2 Å². The molecule has 0 radical (unpaired) electrons. The summed E-state index contributed by atoms with van der Waals surface area (Å²) in [5.74, 6) is 3.06. The number of methoxy groups -OCH3 is 1. The first kappa shape index (κ1) is 23.2. The minimum Gasteiger partial charge on any atom is -0.497 e. The van der Waals surface area contributed by atoms with Crippen molar-refractivity contribution in [2.75, 3.05) is 20.4 Å². The van der Waals surface area contributed by atoms with E-state index in [2.05, 4.69) is 43.0 Å². The lowest BCUT2D eigenvalue weighted by Crippen LogP contribution is -2.34. The highest BCUT2D eigenvalue weighted by molar-refractivity contribution is 6.15. The summed E-state index contributed by atoms with van der Waals surface area (Å²) in [6.45, 7) is 8.42. The molecule has 5 nitrogen and oxygen atoms in total. The van der Waals surface area contributed by atoms with E-state index in [1.54, 1.807) is 7.11 Å². The van der Waals surface area contributed by atoms with E-state index < -0.39 is 0 Å². The number of ketones is 1. The van der Waals surface area contributed by atoms with Gasteiger partial charge < -0.3 is 14.2 Å². The SMILES string of the molecule is COc1ccc(CCN2COc3c(cc4c(c3C)O/C(=C\c3ccc(C(C)C)cc3)C4=O)C2)cc1. The molecule has 0 atom stereocenters. The minimum absolute atomic E-state index is 0.0748. The monoisotopic (exact) mass is 469 g/mol. The number of Topliss-reactive ketones (excluding diaryl/α,β-unsaturated/α-hetero) is 1. The van der Waals surface area contributed by atoms with Gasteiger partial charge in [0.15, 0.2) is 5.76 Å². The zero-order valence-electron chi connectivity index (χ0n) is 20.8. The Balaban J connectivity index is 1.31. The van der Waals surface area contributed by atoms with Crippen molar-refractivity contribution in [3.05, 3.63) is 93.7 Å². The van der Waals surface area contributed by atoms with Gasteiger partial charge in [-0.1, -0.05) is 50.2 Å². The van der Waals surface area contributed by atoms with Gasteiger partial charge in [-0.3, -0.25) is 9.69 Å². The molecule has 0 aromatic heterocycles. The summed E-state index contributed by atoms with van der Waals surface area (Å²) in [5.41, 5.74) is 6.01. The fourth-order valence-corrected chi connectivity index (χ4v) is 4.65. The van der Waals surface area contributed by atoms with E-state index in [1.165, 1.54) is 11.1 Å². The smallest absolute Gasteiger partial charge is 0.231 e. The molecule has 3 aromatic carbocycles. The number of carbonyl (C=O) groups excluding carboxylic acids is 1. The molecule has 5 rings (SSSR count). The number of nitrogens with zero attached hydrogens (tertiary/aromatic N) is 1. The van der Waals surface area contributed by atoms with Crippen LogP contribution in [0.3, 0.4) is 0 Å². The number of hydrogen-bond acceptors (Lipinski definition) is 5. The first-order valence-corrected chi connectivity index (χ1v) is 12.1. The van der Waals surface area contributed by atoms with E-state index in [9.17, 15) is 4.79 Å². The second kappa shape index (κ2) is 9.59. The van der Waals surface area contributed by atoms with Crippen molar-refractivity contribution in [2.45, 2.75) is 39.7 Å². The Hall–Kier alpha value is -3.57. The van der Waals surface area contributed by atoms with Crippen LogP contribution in [-0.4, -0.2) is 31.1 Å². The average Bonchev–Trinajstić information content (AvgIpc) is 3.18. The van der Waals surface area contributed by atoms with Gasteiger partial charge in [0.25, 0.3) is 0 Å². The number of rotatable bonds is 6. The number of fused-ring (bicyclic) bond motifs is 2. The molecular formula is C30H31NO4. The standard InChI is InChI=1S/C30H31NO4/c1-19(2)23-9-5-22(6-10-23)15-27-28(32)26-16-24-17-31(18-34-29(24)20(3)30(26)35-27)14-13-21-7-11-25(33-4)12-8-21/h5-12,15-16,19H,13-14,17-18H2,1-4H3/b27-15-. The molecule has 0 aliphatic carbocycles. The van der Waals surface area contributed by atoms with Gasteiger partial charge in [-0.15, -0.1) is 0 Å². The van der Waals surface area contributed by atoms with Gasteiger partial charge in [-0.25, -0.2) is 0 Å². The average molecular weight is 470 g/mol. The second-order valence-corrected chi connectivity index (χ2v) is 9.55. The molecule has 0 amide bonds. The molecule has 2 heterocycles. The number of allylic oxidation sites excluding steroid dienone is 1. The minimum atomic E-state index is -0.0748. The quantitative estimate of drug-likeness (QED) is 0.406. The predicted molar refractivity (Wildman–Crippen MR) is 137 cm³/mol. The van der Waals surface area contributed by atoms with E-state index in [1.807, 2.05) is 43.3 Å². The van der Waals surface area contributed by atoms with Crippen molar-refractivity contribution in [2.24, 2.45) is 0 Å². The first-order chi connectivity index (χ1) is 16.9. The lowest BCUT2D eigenvalue weighted by Gasteiger charge is -2.30. The van der Waals surface area contributed by atoms with Crippen molar-refractivity contribution >= 4 is 11.9 Å². The van der Waals surface area contributed by atoms with Crippen molar-refractivity contribution in [1.29, 1.82) is 0 Å². The Morgan fingerprint density at radius 1 is 1.06 bits per heavy atom. The van der Waals surface area contributed by atoms with Crippen LogP contribution in [-0.2, 0) is 13.0 Å². The summed E-state index contributed by atoms with van der Waals surface area (Å²) in [7, 11) is 1.68. The molecule has 3 aromatic rings. The van der Waals surface area contributed by atoms with Gasteiger partial charge in [-0.05, 0) is 60.2 Å². The van der Waals surface area contributed by atoms with Crippen LogP contribution in [0.4, 0.5) is 0 Å². The zero-order valence-corrected chi connectivity index (χ0v) is 20.8. The molecule has 2 aliphatic heterocycles. The van der Waals surface area contributed by atoms with Crippen LogP contribution >= 0.6 is 0 Å². The zero-order chi connectivity index (χ0) is 24.5. The van der Waals surface area contributed by atoms with E-state index in [-0.39, 0.29) is 5.78 Å². The molecular weight excluding hydrogens is 438 g/mol. The maximum Gasteiger partial charge on any atom is 0.231 e. The molecule has 0 saturated heterocycles. The van der Waals surface area contributed by atoms with Gasteiger partial charge >= 0.3 is 0 Å². The molecule has 0 unspecified atom stereocenters. The molecule has 0 fully saturated rings.